The molecule has 1 saturated heterocycles. The van der Waals surface area contributed by atoms with Crippen LogP contribution in [0.5, 0.6) is 11.5 Å². The highest BCUT2D eigenvalue weighted by atomic mass is 16.5. The number of hydrazine groups is 1. The Hall–Kier alpha value is -1.30. The second-order valence-electron chi connectivity index (χ2n) is 6.71. The van der Waals surface area contributed by atoms with Crippen molar-refractivity contribution in [2.45, 2.75) is 51.3 Å². The first-order valence-corrected chi connectivity index (χ1v) is 8.79. The fourth-order valence-corrected chi connectivity index (χ4v) is 3.41. The van der Waals surface area contributed by atoms with Crippen LogP contribution in [0, 0.1) is 5.92 Å². The average Bonchev–Trinajstić information content (AvgIpc) is 3.20. The van der Waals surface area contributed by atoms with Gasteiger partial charge in [-0.05, 0) is 50.3 Å². The number of hydrogen-bond donors (Lipinski definition) is 3. The third-order valence-corrected chi connectivity index (χ3v) is 4.96. The molecule has 1 heterocycles. The van der Waals surface area contributed by atoms with E-state index in [0.717, 1.165) is 44.0 Å². The molecule has 2 unspecified atom stereocenters. The molecule has 3 N–H and O–H groups in total. The van der Waals surface area contributed by atoms with Gasteiger partial charge in [-0.1, -0.05) is 6.07 Å². The first-order chi connectivity index (χ1) is 11.3. The number of rotatable bonds is 7. The molecule has 2 fully saturated rings. The molecule has 1 saturated carbocycles. The lowest BCUT2D eigenvalue weighted by Gasteiger charge is -2.18. The minimum Gasteiger partial charge on any atom is -0.493 e. The molecule has 23 heavy (non-hydrogen) atoms. The van der Waals surface area contributed by atoms with Gasteiger partial charge >= 0.3 is 0 Å². The molecular weight excluding hydrogens is 290 g/mol. The standard InChI is InChI=1S/C18H29N3O2/c1-13-15(12-20-21-13)11-19-10-14-7-8-17(22-2)18(9-14)23-16-5-3-4-6-16/h7-9,13,15-16,19-21H,3-6,10-12H2,1-2H3. The summed E-state index contributed by atoms with van der Waals surface area (Å²) in [5.74, 6) is 2.34. The number of methoxy groups -OCH3 is 1. The SMILES string of the molecule is COc1ccc(CNCC2CNNC2C)cc1OC1CCCC1. The van der Waals surface area contributed by atoms with Gasteiger partial charge in [0.2, 0.25) is 0 Å². The molecule has 0 radical (unpaired) electrons. The second kappa shape index (κ2) is 7.99. The first-order valence-electron chi connectivity index (χ1n) is 8.79. The van der Waals surface area contributed by atoms with E-state index in [0.29, 0.717) is 18.1 Å². The summed E-state index contributed by atoms with van der Waals surface area (Å²) in [5.41, 5.74) is 7.71. The minimum atomic E-state index is 0.351. The van der Waals surface area contributed by atoms with Crippen LogP contribution >= 0.6 is 0 Å². The van der Waals surface area contributed by atoms with Crippen LogP contribution in [0.2, 0.25) is 0 Å². The summed E-state index contributed by atoms with van der Waals surface area (Å²) in [6, 6.07) is 6.77. The summed E-state index contributed by atoms with van der Waals surface area (Å²) in [4.78, 5) is 0. The van der Waals surface area contributed by atoms with Gasteiger partial charge in [0, 0.05) is 31.6 Å². The smallest absolute Gasteiger partial charge is 0.161 e. The zero-order valence-corrected chi connectivity index (χ0v) is 14.2. The highest BCUT2D eigenvalue weighted by Crippen LogP contribution is 2.32. The molecule has 5 heteroatoms. The molecule has 5 nitrogen and oxygen atoms in total. The number of hydrogen-bond acceptors (Lipinski definition) is 5. The van der Waals surface area contributed by atoms with Gasteiger partial charge in [-0.3, -0.25) is 10.9 Å². The lowest BCUT2D eigenvalue weighted by atomic mass is 10.0. The monoisotopic (exact) mass is 319 g/mol. The Morgan fingerprint density at radius 3 is 2.74 bits per heavy atom. The second-order valence-corrected chi connectivity index (χ2v) is 6.71. The molecule has 1 aliphatic carbocycles. The molecule has 1 aliphatic heterocycles. The Morgan fingerprint density at radius 2 is 2.04 bits per heavy atom. The van der Waals surface area contributed by atoms with E-state index in [2.05, 4.69) is 35.2 Å². The fourth-order valence-electron chi connectivity index (χ4n) is 3.41. The van der Waals surface area contributed by atoms with E-state index in [1.807, 2.05) is 6.07 Å². The van der Waals surface area contributed by atoms with Crippen molar-refractivity contribution < 1.29 is 9.47 Å². The maximum Gasteiger partial charge on any atom is 0.161 e. The third kappa shape index (κ3) is 4.37. The molecule has 0 bridgehead atoms. The van der Waals surface area contributed by atoms with Crippen molar-refractivity contribution >= 4 is 0 Å². The van der Waals surface area contributed by atoms with Gasteiger partial charge in [0.05, 0.1) is 13.2 Å². The van der Waals surface area contributed by atoms with Crippen molar-refractivity contribution in [3.8, 4) is 11.5 Å². The largest absolute Gasteiger partial charge is 0.493 e. The van der Waals surface area contributed by atoms with Crippen molar-refractivity contribution in [2.75, 3.05) is 20.2 Å². The van der Waals surface area contributed by atoms with Crippen molar-refractivity contribution in [1.82, 2.24) is 16.2 Å². The van der Waals surface area contributed by atoms with Crippen LogP contribution in [0.4, 0.5) is 0 Å². The average molecular weight is 319 g/mol. The predicted molar refractivity (Wildman–Crippen MR) is 91.7 cm³/mol. The van der Waals surface area contributed by atoms with E-state index in [4.69, 9.17) is 9.47 Å². The van der Waals surface area contributed by atoms with Crippen LogP contribution < -0.4 is 25.6 Å². The Labute approximate surface area is 139 Å². The summed E-state index contributed by atoms with van der Waals surface area (Å²) in [5, 5.41) is 3.56. The highest BCUT2D eigenvalue weighted by Gasteiger charge is 2.22. The Morgan fingerprint density at radius 1 is 1.22 bits per heavy atom. The summed E-state index contributed by atoms with van der Waals surface area (Å²) < 4.78 is 11.6. The van der Waals surface area contributed by atoms with Gasteiger partial charge in [-0.2, -0.15) is 0 Å². The van der Waals surface area contributed by atoms with Crippen LogP contribution in [-0.2, 0) is 6.54 Å². The van der Waals surface area contributed by atoms with Crippen molar-refractivity contribution in [3.63, 3.8) is 0 Å². The van der Waals surface area contributed by atoms with Crippen LogP contribution in [-0.4, -0.2) is 32.3 Å². The van der Waals surface area contributed by atoms with Crippen molar-refractivity contribution in [2.24, 2.45) is 5.92 Å². The summed E-state index contributed by atoms with van der Waals surface area (Å²) in [6.07, 6.45) is 5.21. The summed E-state index contributed by atoms with van der Waals surface area (Å²) >= 11 is 0. The molecule has 3 rings (SSSR count). The zero-order valence-electron chi connectivity index (χ0n) is 14.2. The maximum atomic E-state index is 6.16. The normalized spacial score (nSPS) is 25.0. The Balaban J connectivity index is 1.56. The fraction of sp³-hybridized carbons (Fsp3) is 0.667. The minimum absolute atomic E-state index is 0.351. The Kier molecular flexibility index (Phi) is 5.75. The van der Waals surface area contributed by atoms with Crippen molar-refractivity contribution in [3.05, 3.63) is 23.8 Å². The van der Waals surface area contributed by atoms with Gasteiger partial charge in [-0.25, -0.2) is 0 Å². The van der Waals surface area contributed by atoms with E-state index in [9.17, 15) is 0 Å². The van der Waals surface area contributed by atoms with Gasteiger partial charge in [0.15, 0.2) is 11.5 Å². The number of ether oxygens (including phenoxy) is 2. The van der Waals surface area contributed by atoms with E-state index < -0.39 is 0 Å². The number of benzene rings is 1. The summed E-state index contributed by atoms with van der Waals surface area (Å²) in [6.45, 7) is 5.10. The topological polar surface area (TPSA) is 54.5 Å². The Bertz CT molecular complexity index is 503. The van der Waals surface area contributed by atoms with E-state index in [-0.39, 0.29) is 0 Å². The predicted octanol–water partition coefficient (Wildman–Crippen LogP) is 2.22. The van der Waals surface area contributed by atoms with Crippen molar-refractivity contribution in [1.29, 1.82) is 0 Å². The molecule has 1 aromatic rings. The molecular formula is C18H29N3O2. The van der Waals surface area contributed by atoms with E-state index in [1.54, 1.807) is 7.11 Å². The highest BCUT2D eigenvalue weighted by molar-refractivity contribution is 5.43. The number of nitrogens with one attached hydrogen (secondary N) is 3. The molecule has 0 amide bonds. The van der Waals surface area contributed by atoms with Crippen LogP contribution in [0.3, 0.4) is 0 Å². The van der Waals surface area contributed by atoms with Gasteiger partial charge < -0.3 is 14.8 Å². The lowest BCUT2D eigenvalue weighted by Crippen LogP contribution is -2.32. The molecule has 0 spiro atoms. The first kappa shape index (κ1) is 16.6. The van der Waals surface area contributed by atoms with Crippen LogP contribution in [0.25, 0.3) is 0 Å². The third-order valence-electron chi connectivity index (χ3n) is 4.96. The molecule has 0 aromatic heterocycles. The van der Waals surface area contributed by atoms with E-state index in [1.165, 1.54) is 18.4 Å². The molecule has 1 aromatic carbocycles. The maximum absolute atomic E-state index is 6.16. The quantitative estimate of drug-likeness (QED) is 0.719. The lowest BCUT2D eigenvalue weighted by molar-refractivity contribution is 0.200. The van der Waals surface area contributed by atoms with E-state index >= 15 is 0 Å². The van der Waals surface area contributed by atoms with Gasteiger partial charge in [-0.15, -0.1) is 0 Å². The van der Waals surface area contributed by atoms with Gasteiger partial charge in [0.1, 0.15) is 0 Å². The molecule has 2 aliphatic rings. The molecule has 128 valence electrons. The van der Waals surface area contributed by atoms with Crippen LogP contribution in [0.15, 0.2) is 18.2 Å². The summed E-state index contributed by atoms with van der Waals surface area (Å²) in [7, 11) is 1.70. The molecule has 2 atom stereocenters. The van der Waals surface area contributed by atoms with Gasteiger partial charge in [0.25, 0.3) is 0 Å². The zero-order chi connectivity index (χ0) is 16.1. The van der Waals surface area contributed by atoms with Crippen LogP contribution in [0.1, 0.15) is 38.2 Å².